The number of carbonyl (C=O) groups is 1. The Hall–Kier alpha value is -2.26. The largest absolute Gasteiger partial charge is 0.356 e. The summed E-state index contributed by atoms with van der Waals surface area (Å²) in [4.78, 5) is 17.8. The van der Waals surface area contributed by atoms with Gasteiger partial charge in [-0.05, 0) is 34.0 Å². The van der Waals surface area contributed by atoms with E-state index in [0.29, 0.717) is 12.1 Å². The van der Waals surface area contributed by atoms with Crippen LogP contribution in [0, 0.1) is 0 Å². The third-order valence-corrected chi connectivity index (χ3v) is 5.97. The van der Waals surface area contributed by atoms with Gasteiger partial charge < -0.3 is 15.5 Å². The fraction of sp³-hybridized carbons (Fsp3) is 0.280. The van der Waals surface area contributed by atoms with Gasteiger partial charge in [0.25, 0.3) is 5.91 Å². The molecular weight excluding hydrogens is 531 g/mol. The zero-order valence-electron chi connectivity index (χ0n) is 18.8. The molecule has 32 heavy (non-hydrogen) atoms. The van der Waals surface area contributed by atoms with Crippen LogP contribution < -0.4 is 10.6 Å². The molecule has 0 aliphatic carbocycles. The number of carbonyl (C=O) groups excluding carboxylic acids is 1. The molecule has 0 fully saturated rings. The molecule has 0 unspecified atom stereocenters. The molecule has 0 aromatic heterocycles. The molecule has 170 valence electrons. The highest BCUT2D eigenvalue weighted by Gasteiger charge is 2.07. The summed E-state index contributed by atoms with van der Waals surface area (Å²) in [5, 5.41) is 9.32. The molecule has 0 saturated heterocycles. The molecule has 3 aromatic rings. The molecule has 0 radical (unpaired) electrons. The third-order valence-electron chi connectivity index (χ3n) is 4.97. The van der Waals surface area contributed by atoms with E-state index in [4.69, 9.17) is 0 Å². The van der Waals surface area contributed by atoms with Crippen molar-refractivity contribution in [2.24, 2.45) is 4.99 Å². The molecule has 3 aromatic carbocycles. The van der Waals surface area contributed by atoms with Gasteiger partial charge in [-0.3, -0.25) is 9.79 Å². The van der Waals surface area contributed by atoms with Gasteiger partial charge in [-0.25, -0.2) is 0 Å². The Labute approximate surface area is 212 Å². The molecule has 7 heteroatoms. The minimum absolute atomic E-state index is 0. The van der Waals surface area contributed by atoms with Crippen molar-refractivity contribution in [1.82, 2.24) is 15.5 Å². The SMILES string of the molecule is CN=C(NCCSCc1cccc2ccccc12)NCc1ccc(C(=O)N(C)C)cc1.I. The van der Waals surface area contributed by atoms with Gasteiger partial charge in [-0.2, -0.15) is 11.8 Å². The Balaban J connectivity index is 0.00000363. The van der Waals surface area contributed by atoms with Crippen LogP contribution in [-0.4, -0.2) is 50.2 Å². The van der Waals surface area contributed by atoms with E-state index in [9.17, 15) is 4.79 Å². The van der Waals surface area contributed by atoms with Crippen LogP contribution in [0.15, 0.2) is 71.7 Å². The topological polar surface area (TPSA) is 56.7 Å². The molecule has 1 amide bonds. The maximum Gasteiger partial charge on any atom is 0.253 e. The number of amides is 1. The first-order valence-electron chi connectivity index (χ1n) is 10.4. The maximum absolute atomic E-state index is 12.0. The number of nitrogens with zero attached hydrogens (tertiary/aromatic N) is 2. The Morgan fingerprint density at radius 2 is 1.69 bits per heavy atom. The van der Waals surface area contributed by atoms with Crippen molar-refractivity contribution < 1.29 is 4.79 Å². The van der Waals surface area contributed by atoms with E-state index < -0.39 is 0 Å². The summed E-state index contributed by atoms with van der Waals surface area (Å²) in [6.45, 7) is 1.49. The Morgan fingerprint density at radius 3 is 2.41 bits per heavy atom. The van der Waals surface area contributed by atoms with E-state index in [-0.39, 0.29) is 29.9 Å². The number of thioether (sulfide) groups is 1. The number of halogens is 1. The standard InChI is InChI=1S/C25H30N4OS.HI/c1-26-25(28-17-19-11-13-21(14-12-19)24(30)29(2)3)27-15-16-31-18-22-9-6-8-20-7-4-5-10-23(20)22;/h4-14H,15-18H2,1-3H3,(H2,26,27,28);1H. The molecule has 0 atom stereocenters. The summed E-state index contributed by atoms with van der Waals surface area (Å²) in [5.41, 5.74) is 3.17. The molecule has 0 aliphatic heterocycles. The van der Waals surface area contributed by atoms with Crippen LogP contribution in [0.1, 0.15) is 21.5 Å². The summed E-state index contributed by atoms with van der Waals surface area (Å²) in [6.07, 6.45) is 0. The molecule has 0 spiro atoms. The number of aliphatic imine (C=N–C) groups is 1. The Kier molecular flexibility index (Phi) is 10.8. The third kappa shape index (κ3) is 7.41. The number of guanidine groups is 1. The lowest BCUT2D eigenvalue weighted by atomic mass is 10.1. The summed E-state index contributed by atoms with van der Waals surface area (Å²) >= 11 is 1.91. The van der Waals surface area contributed by atoms with Gasteiger partial charge in [0.2, 0.25) is 0 Å². The van der Waals surface area contributed by atoms with Crippen molar-refractivity contribution in [2.45, 2.75) is 12.3 Å². The van der Waals surface area contributed by atoms with E-state index in [1.54, 1.807) is 26.0 Å². The van der Waals surface area contributed by atoms with Gasteiger partial charge in [-0.15, -0.1) is 24.0 Å². The summed E-state index contributed by atoms with van der Waals surface area (Å²) in [5.74, 6) is 2.77. The second-order valence-electron chi connectivity index (χ2n) is 7.44. The number of fused-ring (bicyclic) bond motifs is 1. The Morgan fingerprint density at radius 1 is 0.969 bits per heavy atom. The zero-order valence-corrected chi connectivity index (χ0v) is 21.9. The summed E-state index contributed by atoms with van der Waals surface area (Å²) < 4.78 is 0. The number of hydrogen-bond acceptors (Lipinski definition) is 3. The van der Waals surface area contributed by atoms with Crippen LogP contribution >= 0.6 is 35.7 Å². The first-order valence-corrected chi connectivity index (χ1v) is 11.5. The quantitative estimate of drug-likeness (QED) is 0.180. The number of rotatable bonds is 8. The lowest BCUT2D eigenvalue weighted by Crippen LogP contribution is -2.37. The molecule has 3 rings (SSSR count). The van der Waals surface area contributed by atoms with E-state index >= 15 is 0 Å². The van der Waals surface area contributed by atoms with E-state index in [1.807, 2.05) is 36.0 Å². The molecule has 0 aliphatic rings. The first kappa shape index (κ1) is 26.0. The normalized spacial score (nSPS) is 11.0. The fourth-order valence-corrected chi connectivity index (χ4v) is 4.13. The van der Waals surface area contributed by atoms with Crippen LogP contribution in [0.25, 0.3) is 10.8 Å². The lowest BCUT2D eigenvalue weighted by Gasteiger charge is -2.13. The fourth-order valence-electron chi connectivity index (χ4n) is 3.27. The van der Waals surface area contributed by atoms with Crippen molar-refractivity contribution in [3.05, 3.63) is 83.4 Å². The highest BCUT2D eigenvalue weighted by atomic mass is 127. The average Bonchev–Trinajstić information content (AvgIpc) is 2.80. The van der Waals surface area contributed by atoms with Crippen molar-refractivity contribution >= 4 is 58.4 Å². The number of benzene rings is 3. The van der Waals surface area contributed by atoms with Crippen LogP contribution in [0.2, 0.25) is 0 Å². The zero-order chi connectivity index (χ0) is 22.1. The maximum atomic E-state index is 12.0. The van der Waals surface area contributed by atoms with Crippen molar-refractivity contribution in [3.8, 4) is 0 Å². The average molecular weight is 563 g/mol. The second-order valence-corrected chi connectivity index (χ2v) is 8.55. The van der Waals surface area contributed by atoms with Crippen LogP contribution in [0.3, 0.4) is 0 Å². The van der Waals surface area contributed by atoms with Gasteiger partial charge in [0, 0.05) is 51.3 Å². The second kappa shape index (κ2) is 13.3. The molecule has 0 saturated carbocycles. The van der Waals surface area contributed by atoms with Gasteiger partial charge in [0.05, 0.1) is 0 Å². The minimum atomic E-state index is 0. The van der Waals surface area contributed by atoms with E-state index in [1.165, 1.54) is 16.3 Å². The van der Waals surface area contributed by atoms with Gasteiger partial charge in [-0.1, -0.05) is 54.6 Å². The molecule has 5 nitrogen and oxygen atoms in total. The first-order chi connectivity index (χ1) is 15.1. The predicted octanol–water partition coefficient (Wildman–Crippen LogP) is 4.76. The number of nitrogens with one attached hydrogen (secondary N) is 2. The van der Waals surface area contributed by atoms with Crippen LogP contribution in [-0.2, 0) is 12.3 Å². The monoisotopic (exact) mass is 562 g/mol. The van der Waals surface area contributed by atoms with E-state index in [0.717, 1.165) is 29.6 Å². The highest BCUT2D eigenvalue weighted by Crippen LogP contribution is 2.22. The van der Waals surface area contributed by atoms with Crippen LogP contribution in [0.5, 0.6) is 0 Å². The van der Waals surface area contributed by atoms with Crippen LogP contribution in [0.4, 0.5) is 0 Å². The molecular formula is C25H31IN4OS. The van der Waals surface area contributed by atoms with Gasteiger partial charge >= 0.3 is 0 Å². The van der Waals surface area contributed by atoms with Gasteiger partial charge in [0.15, 0.2) is 5.96 Å². The van der Waals surface area contributed by atoms with Crippen molar-refractivity contribution in [2.75, 3.05) is 33.4 Å². The summed E-state index contributed by atoms with van der Waals surface area (Å²) in [7, 11) is 5.29. The molecule has 0 heterocycles. The van der Waals surface area contributed by atoms with Crippen molar-refractivity contribution in [3.63, 3.8) is 0 Å². The summed E-state index contributed by atoms with van der Waals surface area (Å²) in [6, 6.07) is 22.7. The minimum Gasteiger partial charge on any atom is -0.356 e. The smallest absolute Gasteiger partial charge is 0.253 e. The van der Waals surface area contributed by atoms with Gasteiger partial charge in [0.1, 0.15) is 0 Å². The number of hydrogen-bond donors (Lipinski definition) is 2. The van der Waals surface area contributed by atoms with Crippen molar-refractivity contribution in [1.29, 1.82) is 0 Å². The highest BCUT2D eigenvalue weighted by molar-refractivity contribution is 14.0. The molecule has 2 N–H and O–H groups in total. The molecule has 0 bridgehead atoms. The lowest BCUT2D eigenvalue weighted by molar-refractivity contribution is 0.0827. The Bertz CT molecular complexity index is 1030. The van der Waals surface area contributed by atoms with E-state index in [2.05, 4.69) is 58.1 Å². The predicted molar refractivity (Wildman–Crippen MR) is 148 cm³/mol.